The van der Waals surface area contributed by atoms with Crippen molar-refractivity contribution in [3.05, 3.63) is 0 Å². The zero-order chi connectivity index (χ0) is 34.8. The summed E-state index contributed by atoms with van der Waals surface area (Å²) in [6, 6.07) is -3.16. The van der Waals surface area contributed by atoms with E-state index in [1.807, 2.05) is 0 Å². The molecule has 0 aliphatic carbocycles. The van der Waals surface area contributed by atoms with Gasteiger partial charge in [-0.2, -0.15) is 0 Å². The fourth-order valence-electron chi connectivity index (χ4n) is 2.16. The van der Waals surface area contributed by atoms with Crippen molar-refractivity contribution in [3.63, 3.8) is 0 Å². The summed E-state index contributed by atoms with van der Waals surface area (Å²) in [7, 11) is 0. The van der Waals surface area contributed by atoms with Crippen LogP contribution in [0.25, 0.3) is 0 Å². The number of rotatable bonds is 17. The van der Waals surface area contributed by atoms with Crippen molar-refractivity contribution in [2.45, 2.75) is 73.8 Å². The number of hydrogen-bond acceptors (Lipinski definition) is 22. The molecule has 45 heavy (non-hydrogen) atoms. The first-order chi connectivity index (χ1) is 19.6. The number of nitrogens with two attached hydrogens (primary N) is 2. The van der Waals surface area contributed by atoms with Gasteiger partial charge in [-0.15, -0.1) is 0 Å². The van der Waals surface area contributed by atoms with E-state index in [4.69, 9.17) is 52.3 Å². The molecule has 0 saturated heterocycles. The van der Waals surface area contributed by atoms with Crippen LogP contribution in [0.4, 0.5) is 0 Å². The zero-order valence-electron chi connectivity index (χ0n) is 23.1. The number of carbonyl (C=O) groups excluding carboxylic acids is 5. The van der Waals surface area contributed by atoms with Crippen molar-refractivity contribution in [1.82, 2.24) is 0 Å². The van der Waals surface area contributed by atoms with Crippen LogP contribution in [0.3, 0.4) is 0 Å². The van der Waals surface area contributed by atoms with Gasteiger partial charge in [-0.25, -0.2) is 0 Å². The van der Waals surface area contributed by atoms with Crippen LogP contribution in [-0.2, 0) is 33.5 Å². The molecule has 0 bridgehead atoms. The maximum atomic E-state index is 11.3. The van der Waals surface area contributed by atoms with Gasteiger partial charge in [0, 0.05) is 0 Å². The molecule has 0 saturated carbocycles. The van der Waals surface area contributed by atoms with Crippen molar-refractivity contribution >= 4 is 96.6 Å². The second-order valence-electron chi connectivity index (χ2n) is 8.11. The van der Waals surface area contributed by atoms with E-state index in [0.717, 1.165) is 0 Å². The Bertz CT molecular complexity index is 916. The minimum Gasteiger partial charge on any atom is -0.548 e. The van der Waals surface area contributed by atoms with Crippen molar-refractivity contribution in [3.8, 4) is 0 Å². The van der Waals surface area contributed by atoms with Crippen LogP contribution in [0.15, 0.2) is 0 Å². The van der Waals surface area contributed by atoms with E-state index in [0.29, 0.717) is 0 Å². The monoisotopic (exact) mass is 700 g/mol. The predicted molar refractivity (Wildman–Crippen MR) is 130 cm³/mol. The van der Waals surface area contributed by atoms with Crippen molar-refractivity contribution in [2.75, 3.05) is 13.2 Å². The van der Waals surface area contributed by atoms with Gasteiger partial charge in [0.25, 0.3) is 0 Å². The number of aliphatic hydroxyl groups is 9. The first-order valence-electron chi connectivity index (χ1n) is 11.3. The average Bonchev–Trinajstić information content (AvgIpc) is 2.92. The second-order valence-corrected chi connectivity index (χ2v) is 8.11. The Balaban J connectivity index is -0.000000191. The molecule has 0 rings (SSSR count). The molecular formula is C20H32CaMgN2O21. The molecule has 0 aliphatic heterocycles. The topological polar surface area (TPSA) is 458 Å². The van der Waals surface area contributed by atoms with E-state index in [1.165, 1.54) is 0 Å². The Hall–Kier alpha value is -1.59. The van der Waals surface area contributed by atoms with Crippen molar-refractivity contribution in [1.29, 1.82) is 0 Å². The fraction of sp³-hybridized carbons (Fsp3) is 0.700. The van der Waals surface area contributed by atoms with Crippen LogP contribution in [0.5, 0.6) is 0 Å². The van der Waals surface area contributed by atoms with E-state index in [9.17, 15) is 59.4 Å². The molecular weight excluding hydrogens is 669 g/mol. The molecule has 25 heteroatoms. The summed E-state index contributed by atoms with van der Waals surface area (Å²) in [4.78, 5) is 61.8. The van der Waals surface area contributed by atoms with Gasteiger partial charge < -0.3 is 107 Å². The summed E-state index contributed by atoms with van der Waals surface area (Å²) in [5.74, 6) is -10.1. The molecule has 0 heterocycles. The standard InChI is InChI=1S/C10H17NO10.C6H12O7.C4H7NO4.Ca.Mg/c11-3(9(17)18)1-5(14)21-8(10(19)20)7(16)6(15)4(13)2-12;7-1-2(8)3(9)4(10)5(11)6(12)13;5-2(4(8)9)1-3(6)7;;/h3-4,6-8,12-13,15-16H,1-2,11H2,(H,17,18)(H,19,20);2-5,7-11H,1H2,(H,12,13);2H,1,5H2,(H,6,7)(H,8,9);;/q;;;2*+2/p-4/t3-,4+,6+,7-,8+;2-,3-,4+,5-;2-;;/m010../s1. The molecule has 0 aromatic carbocycles. The molecule has 0 unspecified atom stereocenters. The van der Waals surface area contributed by atoms with Gasteiger partial charge in [0.2, 0.25) is 0 Å². The Morgan fingerprint density at radius 1 is 0.600 bits per heavy atom. The molecule has 10 atom stereocenters. The number of aliphatic hydroxyl groups excluding tert-OH is 9. The number of esters is 1. The quantitative estimate of drug-likeness (QED) is 0.0495. The fourth-order valence-corrected chi connectivity index (χ4v) is 2.16. The van der Waals surface area contributed by atoms with E-state index in [2.05, 4.69) is 4.74 Å². The van der Waals surface area contributed by atoms with Crippen LogP contribution >= 0.6 is 0 Å². The summed E-state index contributed by atoms with van der Waals surface area (Å²) >= 11 is 0. The third-order valence-electron chi connectivity index (χ3n) is 4.61. The summed E-state index contributed by atoms with van der Waals surface area (Å²) in [5, 5.41) is 129. The summed E-state index contributed by atoms with van der Waals surface area (Å²) < 4.78 is 4.24. The Kier molecular flexibility index (Phi) is 32.4. The van der Waals surface area contributed by atoms with E-state index in [-0.39, 0.29) is 60.8 Å². The van der Waals surface area contributed by atoms with E-state index < -0.39 is 123 Å². The number of hydrogen-bond donors (Lipinski definition) is 12. The first-order valence-corrected chi connectivity index (χ1v) is 11.3. The number of aliphatic carboxylic acids is 5. The SMILES string of the molecule is N[C@@H](CC(=O)O)C(=O)[O-].N[C@@H](CC(=O)O[C@@H](C(=O)[O-])[C@@H](O)[C@H](O)[C@H](O)CO)C(=O)[O-].O=C([O-])[C@H](O)[C@@H](O)[C@H](O)[C@H](O)CO.[Ca+2].[Mg+2]. The third kappa shape index (κ3) is 23.4. The third-order valence-corrected chi connectivity index (χ3v) is 4.61. The first kappa shape index (κ1) is 52.9. The maximum absolute atomic E-state index is 11.3. The minimum atomic E-state index is -2.40. The maximum Gasteiger partial charge on any atom is 2.00 e. The van der Waals surface area contributed by atoms with Gasteiger partial charge in [0.05, 0.1) is 62.0 Å². The van der Waals surface area contributed by atoms with Gasteiger partial charge in [-0.05, 0) is 0 Å². The molecule has 0 aromatic heterocycles. The molecule has 0 fully saturated rings. The van der Waals surface area contributed by atoms with Gasteiger partial charge in [0.15, 0.2) is 6.10 Å². The predicted octanol–water partition coefficient (Wildman–Crippen LogP) is -14.9. The Morgan fingerprint density at radius 3 is 1.22 bits per heavy atom. The smallest absolute Gasteiger partial charge is 0.548 e. The number of ether oxygens (including phenoxy) is 1. The van der Waals surface area contributed by atoms with Crippen LogP contribution in [0.2, 0.25) is 0 Å². The van der Waals surface area contributed by atoms with Crippen molar-refractivity contribution in [2.24, 2.45) is 11.5 Å². The van der Waals surface area contributed by atoms with Crippen LogP contribution in [0, 0.1) is 0 Å². The number of carboxylic acids is 5. The number of carbonyl (C=O) groups is 6. The molecule has 0 amide bonds. The van der Waals surface area contributed by atoms with E-state index >= 15 is 0 Å². The number of carboxylic acid groups (broad SMARTS) is 5. The van der Waals surface area contributed by atoms with Gasteiger partial charge in [0.1, 0.15) is 42.7 Å². The van der Waals surface area contributed by atoms with Gasteiger partial charge in [-0.3, -0.25) is 9.59 Å². The molecule has 252 valence electrons. The van der Waals surface area contributed by atoms with Crippen molar-refractivity contribution < 1.29 is 105 Å². The molecule has 0 aliphatic rings. The zero-order valence-corrected chi connectivity index (χ0v) is 26.8. The van der Waals surface area contributed by atoms with Crippen LogP contribution in [0.1, 0.15) is 12.8 Å². The summed E-state index contributed by atoms with van der Waals surface area (Å²) in [5.41, 5.74) is 9.74. The van der Waals surface area contributed by atoms with Crippen LogP contribution < -0.4 is 31.9 Å². The average molecular weight is 701 g/mol. The normalized spacial score (nSPS) is 16.9. The molecule has 0 radical (unpaired) electrons. The Morgan fingerprint density at radius 2 is 0.956 bits per heavy atom. The minimum absolute atomic E-state index is 0. The molecule has 14 N–H and O–H groups in total. The molecule has 0 spiro atoms. The molecule has 23 nitrogen and oxygen atoms in total. The van der Waals surface area contributed by atoms with Gasteiger partial charge >= 0.3 is 72.7 Å². The van der Waals surface area contributed by atoms with Crippen LogP contribution in [-0.4, -0.2) is 222 Å². The molecule has 0 aromatic rings. The Labute approximate surface area is 298 Å². The van der Waals surface area contributed by atoms with E-state index in [1.54, 1.807) is 0 Å². The van der Waals surface area contributed by atoms with Gasteiger partial charge in [-0.1, -0.05) is 0 Å². The summed E-state index contributed by atoms with van der Waals surface area (Å²) in [6.45, 7) is -1.86. The largest absolute Gasteiger partial charge is 2.00 e. The second kappa shape index (κ2) is 27.5. The summed E-state index contributed by atoms with van der Waals surface area (Å²) in [6.07, 6.45) is -18.4.